The highest BCUT2D eigenvalue weighted by Crippen LogP contribution is 2.21. The van der Waals surface area contributed by atoms with Crippen LogP contribution in [0.1, 0.15) is 72.9 Å². The first kappa shape index (κ1) is 17.5. The first-order valence-electron chi connectivity index (χ1n) is 8.78. The minimum atomic E-state index is 0.161. The molecule has 0 saturated heterocycles. The van der Waals surface area contributed by atoms with Crippen molar-refractivity contribution >= 4 is 5.78 Å². The fourth-order valence-corrected chi connectivity index (χ4v) is 3.02. The lowest BCUT2D eigenvalue weighted by atomic mass is 10.0. The second kappa shape index (κ2) is 8.09. The number of benzene rings is 1. The van der Waals surface area contributed by atoms with E-state index >= 15 is 0 Å². The molecule has 3 heteroatoms. The molecule has 3 nitrogen and oxygen atoms in total. The molecule has 1 aromatic carbocycles. The van der Waals surface area contributed by atoms with Gasteiger partial charge in [0.15, 0.2) is 5.78 Å². The minimum Gasteiger partial charge on any atom is -0.292 e. The number of carbonyl (C=O) groups excluding carboxylic acids is 1. The Morgan fingerprint density at radius 1 is 1.17 bits per heavy atom. The van der Waals surface area contributed by atoms with Crippen molar-refractivity contribution in [2.45, 2.75) is 66.3 Å². The first-order valence-corrected chi connectivity index (χ1v) is 8.78. The molecule has 0 radical (unpaired) electrons. The van der Waals surface area contributed by atoms with Gasteiger partial charge in [-0.25, -0.2) is 0 Å². The van der Waals surface area contributed by atoms with E-state index < -0.39 is 0 Å². The van der Waals surface area contributed by atoms with E-state index in [9.17, 15) is 4.79 Å². The zero-order valence-electron chi connectivity index (χ0n) is 14.9. The summed E-state index contributed by atoms with van der Waals surface area (Å²) in [6.07, 6.45) is 4.62. The van der Waals surface area contributed by atoms with E-state index in [1.807, 2.05) is 6.92 Å². The van der Waals surface area contributed by atoms with Crippen LogP contribution in [0.2, 0.25) is 0 Å². The zero-order valence-corrected chi connectivity index (χ0v) is 14.9. The summed E-state index contributed by atoms with van der Waals surface area (Å²) in [5, 5.41) is 4.71. The summed E-state index contributed by atoms with van der Waals surface area (Å²) in [6.45, 7) is 9.12. The maximum atomic E-state index is 12.3. The van der Waals surface area contributed by atoms with Crippen molar-refractivity contribution in [1.29, 1.82) is 0 Å². The van der Waals surface area contributed by atoms with E-state index in [0.717, 1.165) is 32.2 Å². The molecule has 0 saturated carbocycles. The van der Waals surface area contributed by atoms with Gasteiger partial charge < -0.3 is 0 Å². The maximum Gasteiger partial charge on any atom is 0.183 e. The zero-order chi connectivity index (χ0) is 16.8. The van der Waals surface area contributed by atoms with Gasteiger partial charge in [-0.05, 0) is 37.3 Å². The molecular weight excluding hydrogens is 284 g/mol. The summed E-state index contributed by atoms with van der Waals surface area (Å²) < 4.78 is 2.05. The molecule has 0 aliphatic heterocycles. The fraction of sp³-hybridized carbons (Fsp3) is 0.500. The number of nitrogens with zero attached hydrogens (tertiary/aromatic N) is 2. The van der Waals surface area contributed by atoms with Crippen LogP contribution < -0.4 is 0 Å². The molecule has 0 unspecified atom stereocenters. The number of ketones is 1. The van der Waals surface area contributed by atoms with E-state index in [1.54, 1.807) is 0 Å². The van der Waals surface area contributed by atoms with Crippen LogP contribution in [0.25, 0.3) is 0 Å². The number of unbranched alkanes of at least 4 members (excludes halogenated alkanes) is 1. The smallest absolute Gasteiger partial charge is 0.183 e. The van der Waals surface area contributed by atoms with Crippen LogP contribution in [-0.2, 0) is 19.4 Å². The van der Waals surface area contributed by atoms with Gasteiger partial charge in [-0.3, -0.25) is 9.48 Å². The maximum absolute atomic E-state index is 12.3. The summed E-state index contributed by atoms with van der Waals surface area (Å²) >= 11 is 0. The molecule has 1 heterocycles. The Hall–Kier alpha value is -1.90. The molecule has 0 spiro atoms. The van der Waals surface area contributed by atoms with Crippen molar-refractivity contribution < 1.29 is 4.79 Å². The van der Waals surface area contributed by atoms with E-state index in [2.05, 4.69) is 49.7 Å². The molecule has 0 atom stereocenters. The third kappa shape index (κ3) is 3.90. The van der Waals surface area contributed by atoms with Gasteiger partial charge in [0.2, 0.25) is 0 Å². The molecule has 0 fully saturated rings. The fourth-order valence-electron chi connectivity index (χ4n) is 3.02. The molecule has 0 N–H and O–H groups in total. The summed E-state index contributed by atoms with van der Waals surface area (Å²) in [5.74, 6) is 0.161. The number of hydrogen-bond donors (Lipinski definition) is 0. The van der Waals surface area contributed by atoms with Gasteiger partial charge in [-0.1, -0.05) is 51.5 Å². The Labute approximate surface area is 139 Å². The Bertz CT molecular complexity index is 670. The lowest BCUT2D eigenvalue weighted by Gasteiger charge is -2.10. The van der Waals surface area contributed by atoms with Crippen LogP contribution in [-0.4, -0.2) is 15.6 Å². The van der Waals surface area contributed by atoms with E-state index in [0.29, 0.717) is 12.1 Å². The number of hydrogen-bond acceptors (Lipinski definition) is 2. The quantitative estimate of drug-likeness (QED) is 0.660. The molecular formula is C20H28N2O. The van der Waals surface area contributed by atoms with Gasteiger partial charge in [0.25, 0.3) is 0 Å². The van der Waals surface area contributed by atoms with Gasteiger partial charge in [-0.15, -0.1) is 0 Å². The average molecular weight is 312 g/mol. The number of Topliss-reactive ketones (excluding diaryl/α,β-unsaturated/α-hetero) is 1. The molecule has 0 aliphatic rings. The van der Waals surface area contributed by atoms with Crippen LogP contribution >= 0.6 is 0 Å². The van der Waals surface area contributed by atoms with Crippen molar-refractivity contribution in [1.82, 2.24) is 9.78 Å². The van der Waals surface area contributed by atoms with Crippen molar-refractivity contribution in [3.05, 3.63) is 52.3 Å². The standard InChI is InChI=1S/C20H28N2O/c1-5-8-13-17-18(6-2)22(21-20(17)19(23)7-3)14-16-12-10-9-11-15(16)4/h9-12H,5-8,13-14H2,1-4H3. The highest BCUT2D eigenvalue weighted by molar-refractivity contribution is 5.95. The molecule has 0 amide bonds. The Balaban J connectivity index is 2.44. The van der Waals surface area contributed by atoms with E-state index in [1.165, 1.54) is 22.4 Å². The molecule has 0 aliphatic carbocycles. The molecule has 1 aromatic heterocycles. The van der Waals surface area contributed by atoms with Crippen LogP contribution in [0.4, 0.5) is 0 Å². The monoisotopic (exact) mass is 312 g/mol. The molecule has 124 valence electrons. The largest absolute Gasteiger partial charge is 0.292 e. The van der Waals surface area contributed by atoms with Crippen molar-refractivity contribution in [2.24, 2.45) is 0 Å². The van der Waals surface area contributed by atoms with Crippen molar-refractivity contribution in [3.8, 4) is 0 Å². The Kier molecular flexibility index (Phi) is 6.14. The molecule has 2 rings (SSSR count). The first-order chi connectivity index (χ1) is 11.1. The molecule has 23 heavy (non-hydrogen) atoms. The summed E-state index contributed by atoms with van der Waals surface area (Å²) in [7, 11) is 0. The Morgan fingerprint density at radius 3 is 2.52 bits per heavy atom. The van der Waals surface area contributed by atoms with Crippen molar-refractivity contribution in [3.63, 3.8) is 0 Å². The highest BCUT2D eigenvalue weighted by atomic mass is 16.1. The van der Waals surface area contributed by atoms with E-state index in [-0.39, 0.29) is 5.78 Å². The lowest BCUT2D eigenvalue weighted by Crippen LogP contribution is -2.08. The third-order valence-corrected chi connectivity index (χ3v) is 4.45. The van der Waals surface area contributed by atoms with Gasteiger partial charge in [0.1, 0.15) is 5.69 Å². The number of carbonyl (C=O) groups is 1. The predicted octanol–water partition coefficient (Wildman–Crippen LogP) is 4.74. The van der Waals surface area contributed by atoms with Gasteiger partial charge >= 0.3 is 0 Å². The van der Waals surface area contributed by atoms with Gasteiger partial charge in [-0.2, -0.15) is 5.10 Å². The second-order valence-corrected chi connectivity index (χ2v) is 6.09. The summed E-state index contributed by atoms with van der Waals surface area (Å²) in [4.78, 5) is 12.3. The number of rotatable bonds is 8. The topological polar surface area (TPSA) is 34.9 Å². The average Bonchev–Trinajstić information content (AvgIpc) is 2.91. The predicted molar refractivity (Wildman–Crippen MR) is 95.1 cm³/mol. The SMILES string of the molecule is CCCCc1c(C(=O)CC)nn(Cc2ccccc2C)c1CC. The van der Waals surface area contributed by atoms with E-state index in [4.69, 9.17) is 5.10 Å². The van der Waals surface area contributed by atoms with Gasteiger partial charge in [0.05, 0.1) is 6.54 Å². The lowest BCUT2D eigenvalue weighted by molar-refractivity contribution is 0.0981. The summed E-state index contributed by atoms with van der Waals surface area (Å²) in [6, 6.07) is 8.39. The van der Waals surface area contributed by atoms with Crippen LogP contribution in [0.15, 0.2) is 24.3 Å². The highest BCUT2D eigenvalue weighted by Gasteiger charge is 2.20. The molecule has 2 aromatic rings. The minimum absolute atomic E-state index is 0.161. The Morgan fingerprint density at radius 2 is 1.91 bits per heavy atom. The second-order valence-electron chi connectivity index (χ2n) is 6.09. The molecule has 0 bridgehead atoms. The van der Waals surface area contributed by atoms with Crippen LogP contribution in [0, 0.1) is 6.92 Å². The van der Waals surface area contributed by atoms with Crippen LogP contribution in [0.5, 0.6) is 0 Å². The third-order valence-electron chi connectivity index (χ3n) is 4.45. The normalized spacial score (nSPS) is 11.0. The van der Waals surface area contributed by atoms with Crippen molar-refractivity contribution in [2.75, 3.05) is 0 Å². The number of aryl methyl sites for hydroxylation is 1. The number of aromatic nitrogens is 2. The van der Waals surface area contributed by atoms with Gasteiger partial charge in [0, 0.05) is 17.7 Å². The van der Waals surface area contributed by atoms with Crippen LogP contribution in [0.3, 0.4) is 0 Å². The summed E-state index contributed by atoms with van der Waals surface area (Å²) in [5.41, 5.74) is 5.63.